The zero-order chi connectivity index (χ0) is 13.2. The predicted molar refractivity (Wildman–Crippen MR) is 61.2 cm³/mol. The van der Waals surface area contributed by atoms with Gasteiger partial charge in [-0.3, -0.25) is 9.59 Å². The number of carbonyl (C=O) groups is 2. The second-order valence-corrected chi connectivity index (χ2v) is 6.70. The van der Waals surface area contributed by atoms with Gasteiger partial charge in [0.2, 0.25) is 5.91 Å². The fourth-order valence-electron chi connectivity index (χ4n) is 1.65. The smallest absolute Gasteiger partial charge is 0.307 e. The van der Waals surface area contributed by atoms with Crippen molar-refractivity contribution in [3.05, 3.63) is 0 Å². The Morgan fingerprint density at radius 2 is 1.59 bits per heavy atom. The zero-order valence-electron chi connectivity index (χ0n) is 9.92. The summed E-state index contributed by atoms with van der Waals surface area (Å²) >= 11 is 0. The third-order valence-electron chi connectivity index (χ3n) is 3.19. The van der Waals surface area contributed by atoms with Gasteiger partial charge in [-0.2, -0.15) is 0 Å². The molecule has 1 fully saturated rings. The first-order valence-electron chi connectivity index (χ1n) is 5.46. The average molecular weight is 263 g/mol. The molecule has 1 heterocycles. The minimum absolute atomic E-state index is 0.0348. The fraction of sp³-hybridized carbons (Fsp3) is 0.800. The van der Waals surface area contributed by atoms with E-state index in [1.807, 2.05) is 0 Å². The summed E-state index contributed by atoms with van der Waals surface area (Å²) in [6.45, 7) is 3.37. The van der Waals surface area contributed by atoms with E-state index < -0.39 is 27.6 Å². The molecule has 0 saturated carbocycles. The standard InChI is InChI=1S/C10H17NO5S/c1-7(8(2)10(13)14)9(12)11-3-5-17(15,16)6-4-11/h7-8H,3-6H2,1-2H3,(H,13,14). The van der Waals surface area contributed by atoms with E-state index in [4.69, 9.17) is 5.11 Å². The summed E-state index contributed by atoms with van der Waals surface area (Å²) in [7, 11) is -3.02. The van der Waals surface area contributed by atoms with Crippen molar-refractivity contribution in [3.8, 4) is 0 Å². The second-order valence-electron chi connectivity index (χ2n) is 4.39. The molecule has 98 valence electrons. The molecule has 1 aliphatic heterocycles. The van der Waals surface area contributed by atoms with Crippen molar-refractivity contribution in [1.29, 1.82) is 0 Å². The summed E-state index contributed by atoms with van der Waals surface area (Å²) in [6.07, 6.45) is 0. The molecule has 0 radical (unpaired) electrons. The van der Waals surface area contributed by atoms with Crippen LogP contribution in [-0.4, -0.2) is 54.9 Å². The first-order chi connectivity index (χ1) is 7.74. The summed E-state index contributed by atoms with van der Waals surface area (Å²) in [4.78, 5) is 24.1. The normalized spacial score (nSPS) is 22.8. The highest BCUT2D eigenvalue weighted by Gasteiger charge is 2.32. The number of hydrogen-bond acceptors (Lipinski definition) is 4. The molecule has 6 nitrogen and oxygen atoms in total. The Balaban J connectivity index is 2.63. The number of hydrogen-bond donors (Lipinski definition) is 1. The minimum Gasteiger partial charge on any atom is -0.481 e. The molecule has 1 amide bonds. The van der Waals surface area contributed by atoms with Gasteiger partial charge in [0.25, 0.3) is 0 Å². The summed E-state index contributed by atoms with van der Waals surface area (Å²) < 4.78 is 22.4. The van der Waals surface area contributed by atoms with E-state index >= 15 is 0 Å². The van der Waals surface area contributed by atoms with Gasteiger partial charge in [0.1, 0.15) is 0 Å². The van der Waals surface area contributed by atoms with E-state index in [9.17, 15) is 18.0 Å². The van der Waals surface area contributed by atoms with Crippen LogP contribution in [0, 0.1) is 11.8 Å². The summed E-state index contributed by atoms with van der Waals surface area (Å²) in [5.74, 6) is -2.76. The van der Waals surface area contributed by atoms with Crippen molar-refractivity contribution in [3.63, 3.8) is 0 Å². The predicted octanol–water partition coefficient (Wildman–Crippen LogP) is -0.400. The Morgan fingerprint density at radius 1 is 1.12 bits per heavy atom. The first-order valence-corrected chi connectivity index (χ1v) is 7.29. The molecule has 0 spiro atoms. The van der Waals surface area contributed by atoms with Crippen molar-refractivity contribution in [2.45, 2.75) is 13.8 Å². The van der Waals surface area contributed by atoms with Crippen LogP contribution in [-0.2, 0) is 19.4 Å². The van der Waals surface area contributed by atoms with Gasteiger partial charge < -0.3 is 10.0 Å². The molecule has 1 aliphatic rings. The summed E-state index contributed by atoms with van der Waals surface area (Å²) in [6, 6.07) is 0. The van der Waals surface area contributed by atoms with Crippen molar-refractivity contribution in [2.75, 3.05) is 24.6 Å². The molecular formula is C10H17NO5S. The highest BCUT2D eigenvalue weighted by Crippen LogP contribution is 2.16. The van der Waals surface area contributed by atoms with Gasteiger partial charge in [-0.1, -0.05) is 13.8 Å². The number of rotatable bonds is 3. The van der Waals surface area contributed by atoms with Gasteiger partial charge in [0, 0.05) is 19.0 Å². The molecule has 0 aromatic rings. The Hall–Kier alpha value is -1.11. The van der Waals surface area contributed by atoms with Crippen LogP contribution in [0.5, 0.6) is 0 Å². The van der Waals surface area contributed by atoms with E-state index in [0.29, 0.717) is 0 Å². The van der Waals surface area contributed by atoms with Crippen molar-refractivity contribution in [2.24, 2.45) is 11.8 Å². The topological polar surface area (TPSA) is 91.8 Å². The fourth-order valence-corrected chi connectivity index (χ4v) is 2.85. The van der Waals surface area contributed by atoms with Gasteiger partial charge in [-0.15, -0.1) is 0 Å². The van der Waals surface area contributed by atoms with Crippen LogP contribution in [0.15, 0.2) is 0 Å². The zero-order valence-corrected chi connectivity index (χ0v) is 10.7. The van der Waals surface area contributed by atoms with Gasteiger partial charge >= 0.3 is 5.97 Å². The molecular weight excluding hydrogens is 246 g/mol. The van der Waals surface area contributed by atoms with Gasteiger partial charge in [-0.05, 0) is 0 Å². The Kier molecular flexibility index (Phi) is 4.13. The molecule has 0 bridgehead atoms. The van der Waals surface area contributed by atoms with Crippen LogP contribution < -0.4 is 0 Å². The SMILES string of the molecule is CC(C(=O)O)C(C)C(=O)N1CCS(=O)(=O)CC1. The van der Waals surface area contributed by atoms with Crippen molar-refractivity contribution >= 4 is 21.7 Å². The van der Waals surface area contributed by atoms with Gasteiger partial charge in [0.05, 0.1) is 17.4 Å². The Bertz CT molecular complexity index is 402. The third kappa shape index (κ3) is 3.42. The minimum atomic E-state index is -3.02. The van der Waals surface area contributed by atoms with Crippen LogP contribution in [0.3, 0.4) is 0 Å². The van der Waals surface area contributed by atoms with E-state index in [-0.39, 0.29) is 30.5 Å². The van der Waals surface area contributed by atoms with Crippen LogP contribution >= 0.6 is 0 Å². The van der Waals surface area contributed by atoms with E-state index in [1.54, 1.807) is 6.92 Å². The molecule has 17 heavy (non-hydrogen) atoms. The number of sulfone groups is 1. The Labute approximate surface area is 101 Å². The van der Waals surface area contributed by atoms with Crippen molar-refractivity contribution < 1.29 is 23.1 Å². The molecule has 2 unspecified atom stereocenters. The van der Waals surface area contributed by atoms with Gasteiger partial charge in [0.15, 0.2) is 9.84 Å². The monoisotopic (exact) mass is 263 g/mol. The quantitative estimate of drug-likeness (QED) is 0.748. The maximum absolute atomic E-state index is 11.9. The van der Waals surface area contributed by atoms with Crippen LogP contribution in [0.4, 0.5) is 0 Å². The number of carbonyl (C=O) groups excluding carboxylic acids is 1. The lowest BCUT2D eigenvalue weighted by Gasteiger charge is -2.30. The van der Waals surface area contributed by atoms with E-state index in [2.05, 4.69) is 0 Å². The maximum Gasteiger partial charge on any atom is 0.307 e. The molecule has 0 aromatic carbocycles. The molecule has 0 aromatic heterocycles. The van der Waals surface area contributed by atoms with Gasteiger partial charge in [-0.25, -0.2) is 8.42 Å². The second kappa shape index (κ2) is 5.03. The highest BCUT2D eigenvalue weighted by molar-refractivity contribution is 7.91. The maximum atomic E-state index is 11.9. The van der Waals surface area contributed by atoms with Crippen molar-refractivity contribution in [1.82, 2.24) is 4.90 Å². The molecule has 0 aliphatic carbocycles. The third-order valence-corrected chi connectivity index (χ3v) is 4.79. The lowest BCUT2D eigenvalue weighted by molar-refractivity contribution is -0.149. The van der Waals surface area contributed by atoms with Crippen LogP contribution in [0.1, 0.15) is 13.8 Å². The lowest BCUT2D eigenvalue weighted by atomic mass is 9.95. The molecule has 1 N–H and O–H groups in total. The number of nitrogens with zero attached hydrogens (tertiary/aromatic N) is 1. The number of amides is 1. The molecule has 1 rings (SSSR count). The van der Waals surface area contributed by atoms with Crippen LogP contribution in [0.2, 0.25) is 0 Å². The van der Waals surface area contributed by atoms with Crippen LogP contribution in [0.25, 0.3) is 0 Å². The van der Waals surface area contributed by atoms with E-state index in [1.165, 1.54) is 11.8 Å². The molecule has 1 saturated heterocycles. The number of carboxylic acid groups (broad SMARTS) is 1. The molecule has 2 atom stereocenters. The number of aliphatic carboxylic acids is 1. The average Bonchev–Trinajstić information content (AvgIpc) is 2.26. The number of carboxylic acids is 1. The largest absolute Gasteiger partial charge is 0.481 e. The van der Waals surface area contributed by atoms with E-state index in [0.717, 1.165) is 0 Å². The lowest BCUT2D eigenvalue weighted by Crippen LogP contribution is -2.47. The summed E-state index contributed by atoms with van der Waals surface area (Å²) in [5, 5.41) is 8.82. The highest BCUT2D eigenvalue weighted by atomic mass is 32.2. The Morgan fingerprint density at radius 3 is 2.00 bits per heavy atom. The first kappa shape index (κ1) is 14.0. The summed E-state index contributed by atoms with van der Waals surface area (Å²) in [5.41, 5.74) is 0. The molecule has 7 heteroatoms.